The third-order valence-electron chi connectivity index (χ3n) is 3.13. The topological polar surface area (TPSA) is 62.1 Å². The van der Waals surface area contributed by atoms with Crippen LogP contribution in [-0.4, -0.2) is 17.0 Å². The van der Waals surface area contributed by atoms with Gasteiger partial charge in [-0.2, -0.15) is 0 Å². The number of fused-ring (bicyclic) bond motifs is 1. The lowest BCUT2D eigenvalue weighted by atomic mass is 10.2. The van der Waals surface area contributed by atoms with Crippen LogP contribution in [0.4, 0.5) is 11.5 Å². The maximum atomic E-state index is 11.2. The summed E-state index contributed by atoms with van der Waals surface area (Å²) in [5, 5.41) is 0. The van der Waals surface area contributed by atoms with Crippen LogP contribution in [0.25, 0.3) is 11.1 Å². The molecular weight excluding hydrogens is 322 g/mol. The fourth-order valence-corrected chi connectivity index (χ4v) is 2.60. The third kappa shape index (κ3) is 2.22. The summed E-state index contributed by atoms with van der Waals surface area (Å²) in [6.07, 6.45) is 1.76. The van der Waals surface area contributed by atoms with Crippen LogP contribution < -0.4 is 10.7 Å². The Balaban J connectivity index is 2.06. The quantitative estimate of drug-likeness (QED) is 0.781. The number of hydrogen-bond acceptors (Lipinski definition) is 4. The molecule has 3 rings (SSSR count). The molecule has 0 saturated carbocycles. The van der Waals surface area contributed by atoms with Crippen molar-refractivity contribution in [3.05, 3.63) is 51.0 Å². The normalized spacial score (nSPS) is 10.9. The number of anilines is 2. The lowest BCUT2D eigenvalue weighted by molar-refractivity contribution is 0.555. The van der Waals surface area contributed by atoms with E-state index in [2.05, 4.69) is 25.9 Å². The molecule has 0 radical (unpaired) electrons. The molecule has 0 amide bonds. The molecule has 0 atom stereocenters. The lowest BCUT2D eigenvalue weighted by Gasteiger charge is -2.20. The van der Waals surface area contributed by atoms with Crippen molar-refractivity contribution in [1.29, 1.82) is 0 Å². The Bertz CT molecular complexity index is 838. The summed E-state index contributed by atoms with van der Waals surface area (Å²) < 4.78 is 6.02. The van der Waals surface area contributed by atoms with Crippen LogP contribution in [0.1, 0.15) is 5.56 Å². The minimum atomic E-state index is -0.447. The standard InChI is InChI=1S/C14H12BrN3O2/c1-8-5-9(15)7-16-13(8)18(2)10-3-4-11-12(6-10)20-14(19)17-11/h3-7H,1-2H3,(H,17,19). The first kappa shape index (κ1) is 12.9. The number of nitrogens with zero attached hydrogens (tertiary/aromatic N) is 2. The number of aryl methyl sites for hydroxylation is 1. The molecule has 2 heterocycles. The summed E-state index contributed by atoms with van der Waals surface area (Å²) in [6, 6.07) is 7.56. The number of H-pyrrole nitrogens is 1. The number of benzene rings is 1. The highest BCUT2D eigenvalue weighted by atomic mass is 79.9. The lowest BCUT2D eigenvalue weighted by Crippen LogP contribution is -2.12. The molecule has 6 heteroatoms. The first-order valence-electron chi connectivity index (χ1n) is 6.03. The van der Waals surface area contributed by atoms with Crippen LogP contribution in [0.5, 0.6) is 0 Å². The van der Waals surface area contributed by atoms with Crippen LogP contribution in [0, 0.1) is 6.92 Å². The molecule has 3 aromatic rings. The summed E-state index contributed by atoms with van der Waals surface area (Å²) >= 11 is 3.40. The number of hydrogen-bond donors (Lipinski definition) is 1. The zero-order chi connectivity index (χ0) is 14.3. The van der Waals surface area contributed by atoms with Crippen molar-refractivity contribution in [3.8, 4) is 0 Å². The molecule has 2 aromatic heterocycles. The number of aromatic nitrogens is 2. The fourth-order valence-electron chi connectivity index (χ4n) is 2.15. The van der Waals surface area contributed by atoms with Crippen molar-refractivity contribution in [1.82, 2.24) is 9.97 Å². The van der Waals surface area contributed by atoms with Crippen LogP contribution in [0.3, 0.4) is 0 Å². The van der Waals surface area contributed by atoms with Crippen molar-refractivity contribution in [2.75, 3.05) is 11.9 Å². The average Bonchev–Trinajstić information content (AvgIpc) is 2.77. The molecule has 0 spiro atoms. The summed E-state index contributed by atoms with van der Waals surface area (Å²) in [5.41, 5.74) is 3.18. The molecule has 102 valence electrons. The molecule has 0 fully saturated rings. The molecule has 0 unspecified atom stereocenters. The van der Waals surface area contributed by atoms with Crippen molar-refractivity contribution < 1.29 is 4.42 Å². The Hall–Kier alpha value is -2.08. The van der Waals surface area contributed by atoms with Crippen molar-refractivity contribution in [2.24, 2.45) is 0 Å². The number of aromatic amines is 1. The number of halogens is 1. The zero-order valence-corrected chi connectivity index (χ0v) is 12.6. The maximum Gasteiger partial charge on any atom is 0.417 e. The van der Waals surface area contributed by atoms with Crippen LogP contribution >= 0.6 is 15.9 Å². The van der Waals surface area contributed by atoms with Crippen LogP contribution in [0.15, 0.2) is 44.1 Å². The fraction of sp³-hybridized carbons (Fsp3) is 0.143. The van der Waals surface area contributed by atoms with Gasteiger partial charge in [0.2, 0.25) is 0 Å². The summed E-state index contributed by atoms with van der Waals surface area (Å²) in [6.45, 7) is 2.00. The van der Waals surface area contributed by atoms with E-state index in [1.54, 1.807) is 6.20 Å². The minimum absolute atomic E-state index is 0.447. The molecule has 0 aliphatic heterocycles. The van der Waals surface area contributed by atoms with Gasteiger partial charge in [0.25, 0.3) is 0 Å². The van der Waals surface area contributed by atoms with Gasteiger partial charge in [0.1, 0.15) is 5.82 Å². The van der Waals surface area contributed by atoms with Crippen LogP contribution in [-0.2, 0) is 0 Å². The summed E-state index contributed by atoms with van der Waals surface area (Å²) in [7, 11) is 1.93. The van der Waals surface area contributed by atoms with E-state index in [-0.39, 0.29) is 0 Å². The van der Waals surface area contributed by atoms with Gasteiger partial charge >= 0.3 is 5.76 Å². The maximum absolute atomic E-state index is 11.2. The SMILES string of the molecule is Cc1cc(Br)cnc1N(C)c1ccc2[nH]c(=O)oc2c1. The van der Waals surface area contributed by atoms with Gasteiger partial charge in [-0.1, -0.05) is 0 Å². The van der Waals surface area contributed by atoms with E-state index in [0.29, 0.717) is 11.1 Å². The Kier molecular flexibility index (Phi) is 3.10. The Labute approximate surface area is 123 Å². The van der Waals surface area contributed by atoms with E-state index >= 15 is 0 Å². The van der Waals surface area contributed by atoms with E-state index < -0.39 is 5.76 Å². The van der Waals surface area contributed by atoms with Crippen molar-refractivity contribution in [3.63, 3.8) is 0 Å². The molecule has 0 bridgehead atoms. The molecule has 20 heavy (non-hydrogen) atoms. The smallest absolute Gasteiger partial charge is 0.408 e. The van der Waals surface area contributed by atoms with E-state index in [4.69, 9.17) is 4.42 Å². The largest absolute Gasteiger partial charge is 0.417 e. The summed E-state index contributed by atoms with van der Waals surface area (Å²) in [5.74, 6) is 0.406. The predicted molar refractivity (Wildman–Crippen MR) is 81.6 cm³/mol. The van der Waals surface area contributed by atoms with Gasteiger partial charge < -0.3 is 9.32 Å². The monoisotopic (exact) mass is 333 g/mol. The Morgan fingerprint density at radius 3 is 2.90 bits per heavy atom. The molecule has 5 nitrogen and oxygen atoms in total. The number of rotatable bonds is 2. The molecular formula is C14H12BrN3O2. The van der Waals surface area contributed by atoms with Gasteiger partial charge in [-0.3, -0.25) is 4.98 Å². The van der Waals surface area contributed by atoms with Gasteiger partial charge in [0.15, 0.2) is 5.58 Å². The minimum Gasteiger partial charge on any atom is -0.408 e. The van der Waals surface area contributed by atoms with Gasteiger partial charge in [0, 0.05) is 29.5 Å². The number of pyridine rings is 1. The van der Waals surface area contributed by atoms with Gasteiger partial charge in [-0.15, -0.1) is 0 Å². The highest BCUT2D eigenvalue weighted by Crippen LogP contribution is 2.28. The van der Waals surface area contributed by atoms with E-state index in [0.717, 1.165) is 21.5 Å². The third-order valence-corrected chi connectivity index (χ3v) is 3.56. The molecule has 1 aromatic carbocycles. The molecule has 1 N–H and O–H groups in total. The van der Waals surface area contributed by atoms with Gasteiger partial charge in [-0.25, -0.2) is 9.78 Å². The highest BCUT2D eigenvalue weighted by Gasteiger charge is 2.11. The zero-order valence-electron chi connectivity index (χ0n) is 11.0. The van der Waals surface area contributed by atoms with Crippen LogP contribution in [0.2, 0.25) is 0 Å². The average molecular weight is 334 g/mol. The second kappa shape index (κ2) is 4.79. The summed E-state index contributed by atoms with van der Waals surface area (Å²) in [4.78, 5) is 20.2. The van der Waals surface area contributed by atoms with Crippen molar-refractivity contribution >= 4 is 38.5 Å². The molecule has 0 aliphatic carbocycles. The van der Waals surface area contributed by atoms with Crippen molar-refractivity contribution in [2.45, 2.75) is 6.92 Å². The predicted octanol–water partition coefficient (Wildman–Crippen LogP) is 3.35. The first-order chi connectivity index (χ1) is 9.54. The number of oxazole rings is 1. The first-order valence-corrected chi connectivity index (χ1v) is 6.82. The second-order valence-electron chi connectivity index (χ2n) is 4.55. The molecule has 0 saturated heterocycles. The highest BCUT2D eigenvalue weighted by molar-refractivity contribution is 9.10. The molecule has 0 aliphatic rings. The Morgan fingerprint density at radius 2 is 2.15 bits per heavy atom. The second-order valence-corrected chi connectivity index (χ2v) is 5.46. The van der Waals surface area contributed by atoms with Gasteiger partial charge in [-0.05, 0) is 46.6 Å². The van der Waals surface area contributed by atoms with E-state index in [1.807, 2.05) is 43.1 Å². The van der Waals surface area contributed by atoms with E-state index in [9.17, 15) is 4.79 Å². The van der Waals surface area contributed by atoms with Gasteiger partial charge in [0.05, 0.1) is 5.52 Å². The van der Waals surface area contributed by atoms with E-state index in [1.165, 1.54) is 0 Å². The Morgan fingerprint density at radius 1 is 1.35 bits per heavy atom. The number of nitrogens with one attached hydrogen (secondary N) is 1.